The number of ether oxygens (including phenoxy) is 1. The van der Waals surface area contributed by atoms with Crippen LogP contribution in [0.3, 0.4) is 0 Å². The number of hydrogen-bond acceptors (Lipinski definition) is 5. The quantitative estimate of drug-likeness (QED) is 0.548. The van der Waals surface area contributed by atoms with Gasteiger partial charge in [-0.15, -0.1) is 0 Å². The first kappa shape index (κ1) is 18.2. The van der Waals surface area contributed by atoms with Crippen LogP contribution in [0.25, 0.3) is 11.8 Å². The van der Waals surface area contributed by atoms with Crippen molar-refractivity contribution in [1.82, 2.24) is 15.1 Å². The van der Waals surface area contributed by atoms with Gasteiger partial charge < -0.3 is 4.74 Å². The number of rotatable bonds is 4. The van der Waals surface area contributed by atoms with Crippen molar-refractivity contribution >= 4 is 29.6 Å². The molecule has 0 radical (unpaired) electrons. The zero-order chi connectivity index (χ0) is 20.4. The fraction of sp³-hybridized carbons (Fsp3) is 0.0476. The maximum atomic E-state index is 12.9. The van der Waals surface area contributed by atoms with Crippen LogP contribution in [0.15, 0.2) is 72.6 Å². The van der Waals surface area contributed by atoms with E-state index < -0.39 is 17.8 Å². The molecule has 1 fully saturated rings. The molecule has 4 amide bonds. The number of aromatic nitrogens is 2. The summed E-state index contributed by atoms with van der Waals surface area (Å²) in [5.41, 5.74) is 1.52. The molecule has 0 bridgehead atoms. The normalized spacial score (nSPS) is 15.6. The van der Waals surface area contributed by atoms with Gasteiger partial charge in [0.2, 0.25) is 0 Å². The van der Waals surface area contributed by atoms with Gasteiger partial charge in [-0.1, -0.05) is 24.3 Å². The molecule has 8 heteroatoms. The predicted octanol–water partition coefficient (Wildman–Crippen LogP) is 2.55. The lowest BCUT2D eigenvalue weighted by atomic mass is 10.1. The summed E-state index contributed by atoms with van der Waals surface area (Å²) in [4.78, 5) is 38.4. The van der Waals surface area contributed by atoms with E-state index in [4.69, 9.17) is 4.74 Å². The zero-order valence-corrected chi connectivity index (χ0v) is 15.4. The van der Waals surface area contributed by atoms with Crippen molar-refractivity contribution in [3.05, 3.63) is 78.1 Å². The third-order valence-corrected chi connectivity index (χ3v) is 4.35. The monoisotopic (exact) mass is 388 g/mol. The summed E-state index contributed by atoms with van der Waals surface area (Å²) in [6, 6.07) is 15.1. The van der Waals surface area contributed by atoms with Crippen molar-refractivity contribution < 1.29 is 19.1 Å². The van der Waals surface area contributed by atoms with E-state index in [0.29, 0.717) is 17.0 Å². The molecule has 4 rings (SSSR count). The molecule has 1 aliphatic rings. The summed E-state index contributed by atoms with van der Waals surface area (Å²) >= 11 is 0. The highest BCUT2D eigenvalue weighted by molar-refractivity contribution is 6.39. The Kier molecular flexibility index (Phi) is 4.66. The van der Waals surface area contributed by atoms with Crippen LogP contribution in [0, 0.1) is 0 Å². The van der Waals surface area contributed by atoms with Gasteiger partial charge in [-0.25, -0.2) is 14.4 Å². The Morgan fingerprint density at radius 1 is 1.00 bits per heavy atom. The number of amides is 4. The summed E-state index contributed by atoms with van der Waals surface area (Å²) in [5.74, 6) is -0.999. The first-order valence-electron chi connectivity index (χ1n) is 8.72. The first-order chi connectivity index (χ1) is 14.1. The topological polar surface area (TPSA) is 93.5 Å². The zero-order valence-electron chi connectivity index (χ0n) is 15.4. The van der Waals surface area contributed by atoms with Gasteiger partial charge in [-0.05, 0) is 30.3 Å². The van der Waals surface area contributed by atoms with Gasteiger partial charge in [-0.2, -0.15) is 5.10 Å². The number of benzene rings is 2. The molecule has 8 nitrogen and oxygen atoms in total. The highest BCUT2D eigenvalue weighted by atomic mass is 16.5. The van der Waals surface area contributed by atoms with E-state index in [-0.39, 0.29) is 5.57 Å². The minimum absolute atomic E-state index is 0.167. The first-order valence-corrected chi connectivity index (χ1v) is 8.72. The Labute approximate surface area is 166 Å². The Morgan fingerprint density at radius 2 is 1.76 bits per heavy atom. The lowest BCUT2D eigenvalue weighted by molar-refractivity contribution is -0.122. The number of imide groups is 2. The van der Waals surface area contributed by atoms with Crippen molar-refractivity contribution in [3.8, 4) is 11.4 Å². The molecular weight excluding hydrogens is 372 g/mol. The molecule has 1 N–H and O–H groups in total. The minimum atomic E-state index is -0.814. The number of carbonyl (C=O) groups excluding carboxylic acids is 3. The van der Waals surface area contributed by atoms with Crippen LogP contribution < -0.4 is 15.0 Å². The van der Waals surface area contributed by atoms with Crippen LogP contribution in [0.4, 0.5) is 10.5 Å². The van der Waals surface area contributed by atoms with Gasteiger partial charge in [0, 0.05) is 17.8 Å². The Bertz CT molecular complexity index is 1130. The summed E-state index contributed by atoms with van der Waals surface area (Å²) in [7, 11) is 1.48. The second kappa shape index (κ2) is 7.43. The Morgan fingerprint density at radius 3 is 2.52 bits per heavy atom. The molecule has 0 atom stereocenters. The van der Waals surface area contributed by atoms with Crippen molar-refractivity contribution in [2.75, 3.05) is 12.0 Å². The van der Waals surface area contributed by atoms with E-state index in [1.54, 1.807) is 35.1 Å². The molecular formula is C21H16N4O4. The molecule has 1 saturated heterocycles. The molecule has 3 aromatic rings. The fourth-order valence-corrected chi connectivity index (χ4v) is 2.94. The Balaban J connectivity index is 1.68. The Hall–Kier alpha value is -4.20. The number of urea groups is 1. The SMILES string of the molecule is COc1cccc(N2C(=O)NC(=O)/C(=C/c3cnn(-c4ccccc4)c3)C2=O)c1. The lowest BCUT2D eigenvalue weighted by Crippen LogP contribution is -2.54. The van der Waals surface area contributed by atoms with E-state index in [1.165, 1.54) is 19.4 Å². The van der Waals surface area contributed by atoms with Crippen LogP contribution in [0.1, 0.15) is 5.56 Å². The molecule has 0 saturated carbocycles. The van der Waals surface area contributed by atoms with Crippen LogP contribution in [-0.4, -0.2) is 34.7 Å². The van der Waals surface area contributed by atoms with E-state index in [2.05, 4.69) is 10.4 Å². The number of hydrogen-bond donors (Lipinski definition) is 1. The molecule has 144 valence electrons. The van der Waals surface area contributed by atoms with Crippen LogP contribution in [-0.2, 0) is 9.59 Å². The maximum absolute atomic E-state index is 12.9. The largest absolute Gasteiger partial charge is 0.497 e. The number of anilines is 1. The molecule has 2 aromatic carbocycles. The standard InChI is InChI=1S/C21H16N4O4/c1-29-17-9-5-8-16(11-17)25-20(27)18(19(26)23-21(25)28)10-14-12-22-24(13-14)15-6-3-2-4-7-15/h2-13H,1H3,(H,23,26,28)/b18-10-. The maximum Gasteiger partial charge on any atom is 0.335 e. The molecule has 0 aliphatic carbocycles. The van der Waals surface area contributed by atoms with E-state index >= 15 is 0 Å². The number of methoxy groups -OCH3 is 1. The highest BCUT2D eigenvalue weighted by Gasteiger charge is 2.37. The van der Waals surface area contributed by atoms with Crippen molar-refractivity contribution in [2.45, 2.75) is 0 Å². The second-order valence-electron chi connectivity index (χ2n) is 6.21. The molecule has 29 heavy (non-hydrogen) atoms. The third-order valence-electron chi connectivity index (χ3n) is 4.35. The smallest absolute Gasteiger partial charge is 0.335 e. The summed E-state index contributed by atoms with van der Waals surface area (Å²) in [6.45, 7) is 0. The van der Waals surface area contributed by atoms with Gasteiger partial charge in [0.1, 0.15) is 11.3 Å². The van der Waals surface area contributed by atoms with Crippen LogP contribution in [0.2, 0.25) is 0 Å². The van der Waals surface area contributed by atoms with Crippen molar-refractivity contribution in [1.29, 1.82) is 0 Å². The lowest BCUT2D eigenvalue weighted by Gasteiger charge is -2.26. The minimum Gasteiger partial charge on any atom is -0.497 e. The van der Waals surface area contributed by atoms with Crippen LogP contribution in [0.5, 0.6) is 5.75 Å². The third kappa shape index (κ3) is 3.51. The molecule has 2 heterocycles. The van der Waals surface area contributed by atoms with Gasteiger partial charge >= 0.3 is 6.03 Å². The summed E-state index contributed by atoms with van der Waals surface area (Å²) in [5, 5.41) is 6.44. The number of carbonyl (C=O) groups is 3. The summed E-state index contributed by atoms with van der Waals surface area (Å²) in [6.07, 6.45) is 4.63. The average molecular weight is 388 g/mol. The number of nitrogens with zero attached hydrogens (tertiary/aromatic N) is 3. The van der Waals surface area contributed by atoms with Crippen molar-refractivity contribution in [2.24, 2.45) is 0 Å². The molecule has 0 spiro atoms. The summed E-state index contributed by atoms with van der Waals surface area (Å²) < 4.78 is 6.77. The van der Waals surface area contributed by atoms with Crippen molar-refractivity contribution in [3.63, 3.8) is 0 Å². The molecule has 0 unspecified atom stereocenters. The predicted molar refractivity (Wildman–Crippen MR) is 106 cm³/mol. The fourth-order valence-electron chi connectivity index (χ4n) is 2.94. The van der Waals surface area contributed by atoms with Gasteiger partial charge in [-0.3, -0.25) is 14.9 Å². The number of barbiturate groups is 1. The second-order valence-corrected chi connectivity index (χ2v) is 6.21. The molecule has 1 aliphatic heterocycles. The van der Waals surface area contributed by atoms with Gasteiger partial charge in [0.15, 0.2) is 0 Å². The van der Waals surface area contributed by atoms with E-state index in [1.807, 2.05) is 30.3 Å². The van der Waals surface area contributed by atoms with E-state index in [9.17, 15) is 14.4 Å². The molecule has 1 aromatic heterocycles. The average Bonchev–Trinajstić information content (AvgIpc) is 3.20. The van der Waals surface area contributed by atoms with E-state index in [0.717, 1.165) is 10.6 Å². The highest BCUT2D eigenvalue weighted by Crippen LogP contribution is 2.25. The van der Waals surface area contributed by atoms with Crippen LogP contribution >= 0.6 is 0 Å². The number of para-hydroxylation sites is 1. The van der Waals surface area contributed by atoms with Gasteiger partial charge in [0.05, 0.1) is 24.7 Å². The number of nitrogens with one attached hydrogen (secondary N) is 1. The van der Waals surface area contributed by atoms with Gasteiger partial charge in [0.25, 0.3) is 11.8 Å².